The predicted octanol–water partition coefficient (Wildman–Crippen LogP) is 2.35. The number of hydrogen-bond acceptors (Lipinski definition) is 0. The fraction of sp³-hybridized carbons (Fsp3) is 1.00. The maximum atomic E-state index is 9.34. The van der Waals surface area contributed by atoms with E-state index in [2.05, 4.69) is 27.7 Å². The van der Waals surface area contributed by atoms with Crippen molar-refractivity contribution in [2.24, 2.45) is 11.8 Å². The first-order valence-corrected chi connectivity index (χ1v) is 9.30. The Bertz CT molecular complexity index is 211. The second kappa shape index (κ2) is 7.08. The van der Waals surface area contributed by atoms with Gasteiger partial charge in [0.05, 0.1) is 0 Å². The lowest BCUT2D eigenvalue weighted by molar-refractivity contribution is 0.362. The minimum atomic E-state index is -3.61. The van der Waals surface area contributed by atoms with Crippen molar-refractivity contribution in [3.8, 4) is 0 Å². The third kappa shape index (κ3) is 8.47. The minimum absolute atomic E-state index is 0.547. The van der Waals surface area contributed by atoms with E-state index >= 15 is 0 Å². The van der Waals surface area contributed by atoms with Crippen LogP contribution in [-0.4, -0.2) is 26.2 Å². The monoisotopic (exact) mass is 256 g/mol. The maximum absolute atomic E-state index is 9.34. The average molecular weight is 256 g/mol. The minimum Gasteiger partial charge on any atom is -0.329 e. The largest absolute Gasteiger partial charge is 0.329 e. The molecule has 0 aromatic rings. The zero-order valence-electron chi connectivity index (χ0n) is 10.2. The van der Waals surface area contributed by atoms with E-state index in [4.69, 9.17) is 0 Å². The van der Waals surface area contributed by atoms with Crippen LogP contribution in [0.2, 0.25) is 0 Å². The van der Waals surface area contributed by atoms with Crippen LogP contribution in [0.15, 0.2) is 0 Å². The molecule has 0 rings (SSSR count). The highest BCUT2D eigenvalue weighted by Gasteiger charge is 2.13. The summed E-state index contributed by atoms with van der Waals surface area (Å²) in [6.45, 7) is 4.82. The Kier molecular flexibility index (Phi) is 7.39. The first-order valence-electron chi connectivity index (χ1n) is 5.49. The predicted molar refractivity (Wildman–Crippen MR) is 69.6 cm³/mol. The van der Waals surface area contributed by atoms with Gasteiger partial charge in [0.15, 0.2) is 0 Å². The molecule has 0 fully saturated rings. The molecule has 3 N–H and O–H groups in total. The molecule has 3 nitrogen and oxygen atoms in total. The van der Waals surface area contributed by atoms with E-state index in [0.717, 1.165) is 24.3 Å². The Morgan fingerprint density at radius 2 is 1.20 bits per heavy atom. The standard InChI is InChI=1S/C10H25O3PS/c1-9(2)5-7-15(14(11,12)13)8-6-10(3)4/h9-13H,5-8H2,1-4H3. The van der Waals surface area contributed by atoms with Gasteiger partial charge in [0.1, 0.15) is 0 Å². The second-order valence-corrected chi connectivity index (χ2v) is 10.5. The Hall–Kier alpha value is 0.660. The van der Waals surface area contributed by atoms with Gasteiger partial charge in [-0.15, -0.1) is 10.1 Å². The van der Waals surface area contributed by atoms with Crippen LogP contribution in [0.3, 0.4) is 0 Å². The van der Waals surface area contributed by atoms with Crippen LogP contribution in [0.25, 0.3) is 0 Å². The van der Waals surface area contributed by atoms with Crippen molar-refractivity contribution in [3.63, 3.8) is 0 Å². The lowest BCUT2D eigenvalue weighted by Gasteiger charge is -2.17. The zero-order chi connectivity index (χ0) is 12.1. The van der Waals surface area contributed by atoms with Crippen molar-refractivity contribution in [3.05, 3.63) is 0 Å². The fourth-order valence-corrected chi connectivity index (χ4v) is 5.37. The molecule has 0 spiro atoms. The van der Waals surface area contributed by atoms with Crippen LogP contribution in [0.4, 0.5) is 0 Å². The van der Waals surface area contributed by atoms with E-state index in [-0.39, 0.29) is 0 Å². The lowest BCUT2D eigenvalue weighted by atomic mass is 10.2. The molecule has 15 heavy (non-hydrogen) atoms. The van der Waals surface area contributed by atoms with Gasteiger partial charge in [-0.25, -0.2) is 0 Å². The number of hydrogen-bond donors (Lipinski definition) is 3. The third-order valence-corrected chi connectivity index (χ3v) is 7.49. The van der Waals surface area contributed by atoms with E-state index in [1.54, 1.807) is 0 Å². The van der Waals surface area contributed by atoms with E-state index in [1.165, 1.54) is 0 Å². The molecule has 0 radical (unpaired) electrons. The summed E-state index contributed by atoms with van der Waals surface area (Å²) >= 11 is 0. The van der Waals surface area contributed by atoms with Crippen LogP contribution < -0.4 is 0 Å². The molecule has 0 unspecified atom stereocenters. The zero-order valence-corrected chi connectivity index (χ0v) is 11.9. The van der Waals surface area contributed by atoms with Crippen LogP contribution in [0, 0.1) is 11.8 Å². The van der Waals surface area contributed by atoms with Crippen molar-refractivity contribution in [1.29, 1.82) is 0 Å². The normalized spacial score (nSPS) is 13.2. The molecule has 94 valence electrons. The quantitative estimate of drug-likeness (QED) is 0.639. The first kappa shape index (κ1) is 15.7. The van der Waals surface area contributed by atoms with Crippen molar-refractivity contribution >= 4 is 16.8 Å². The Balaban J connectivity index is 4.36. The molecule has 0 atom stereocenters. The summed E-state index contributed by atoms with van der Waals surface area (Å²) in [6, 6.07) is 0. The van der Waals surface area contributed by atoms with E-state index in [0.29, 0.717) is 11.8 Å². The molecule has 0 heterocycles. The Morgan fingerprint density at radius 3 is 1.40 bits per heavy atom. The summed E-state index contributed by atoms with van der Waals surface area (Å²) in [5, 5.41) is 0. The molecule has 0 aliphatic carbocycles. The lowest BCUT2D eigenvalue weighted by Crippen LogP contribution is -2.09. The summed E-state index contributed by atoms with van der Waals surface area (Å²) in [6.07, 6.45) is 1.90. The molecule has 0 saturated carbocycles. The van der Waals surface area contributed by atoms with Gasteiger partial charge in [0, 0.05) is 0 Å². The molecule has 0 saturated heterocycles. The van der Waals surface area contributed by atoms with Gasteiger partial charge in [0.25, 0.3) is 6.72 Å². The molecule has 0 aliphatic rings. The van der Waals surface area contributed by atoms with Gasteiger partial charge in [-0.2, -0.15) is 0 Å². The topological polar surface area (TPSA) is 60.7 Å². The Labute approximate surface area is 95.7 Å². The molecule has 0 bridgehead atoms. The van der Waals surface area contributed by atoms with Crippen LogP contribution in [0.5, 0.6) is 0 Å². The molecule has 0 aliphatic heterocycles. The average Bonchev–Trinajstić information content (AvgIpc) is 2.00. The molecule has 5 heteroatoms. The van der Waals surface area contributed by atoms with Gasteiger partial charge in [-0.05, 0) is 36.2 Å². The summed E-state index contributed by atoms with van der Waals surface area (Å²) in [4.78, 5) is 28.0. The van der Waals surface area contributed by atoms with Crippen molar-refractivity contribution in [2.75, 3.05) is 11.5 Å². The highest BCUT2D eigenvalue weighted by atomic mass is 32.5. The summed E-state index contributed by atoms with van der Waals surface area (Å²) in [5.74, 6) is 2.57. The highest BCUT2D eigenvalue weighted by molar-refractivity contribution is 8.27. The molecule has 0 amide bonds. The van der Waals surface area contributed by atoms with Crippen molar-refractivity contribution in [1.82, 2.24) is 0 Å². The van der Waals surface area contributed by atoms with E-state index in [9.17, 15) is 14.7 Å². The van der Waals surface area contributed by atoms with Gasteiger partial charge in [0.2, 0.25) is 0 Å². The smallest absolute Gasteiger partial charge is 0.277 e. The van der Waals surface area contributed by atoms with Gasteiger partial charge in [-0.3, -0.25) is 0 Å². The third-order valence-electron chi connectivity index (χ3n) is 2.21. The fourth-order valence-electron chi connectivity index (χ4n) is 1.09. The highest BCUT2D eigenvalue weighted by Crippen LogP contribution is 2.37. The molecule has 0 aromatic heterocycles. The van der Waals surface area contributed by atoms with Gasteiger partial charge >= 0.3 is 0 Å². The van der Waals surface area contributed by atoms with Gasteiger partial charge < -0.3 is 14.7 Å². The van der Waals surface area contributed by atoms with Crippen molar-refractivity contribution < 1.29 is 14.7 Å². The SMILES string of the molecule is CC(C)CCS(CCC(C)C)=P(O)(O)O. The van der Waals surface area contributed by atoms with E-state index in [1.807, 2.05) is 0 Å². The maximum Gasteiger partial charge on any atom is 0.277 e. The van der Waals surface area contributed by atoms with Crippen LogP contribution in [0.1, 0.15) is 40.5 Å². The molecule has 0 aromatic carbocycles. The molecular formula is C10H25O3PS. The van der Waals surface area contributed by atoms with Crippen LogP contribution in [-0.2, 0) is 10.1 Å². The number of rotatable bonds is 6. The summed E-state index contributed by atoms with van der Waals surface area (Å²) in [5.41, 5.74) is 0. The first-order chi connectivity index (χ1) is 6.73. The summed E-state index contributed by atoms with van der Waals surface area (Å²) < 4.78 is 0. The van der Waals surface area contributed by atoms with E-state index < -0.39 is 16.8 Å². The summed E-state index contributed by atoms with van der Waals surface area (Å²) in [7, 11) is -0.605. The Morgan fingerprint density at radius 1 is 0.867 bits per heavy atom. The van der Waals surface area contributed by atoms with Gasteiger partial charge in [-0.1, -0.05) is 27.7 Å². The van der Waals surface area contributed by atoms with Crippen molar-refractivity contribution in [2.45, 2.75) is 40.5 Å². The molecular weight excluding hydrogens is 231 g/mol. The second-order valence-electron chi connectivity index (χ2n) is 4.75. The van der Waals surface area contributed by atoms with Crippen LogP contribution >= 0.6 is 6.72 Å².